The van der Waals surface area contributed by atoms with Crippen LogP contribution in [0.4, 0.5) is 0 Å². The Morgan fingerprint density at radius 2 is 2.22 bits per heavy atom. The second kappa shape index (κ2) is 5.74. The Morgan fingerprint density at radius 1 is 1.52 bits per heavy atom. The predicted octanol–water partition coefficient (Wildman–Crippen LogP) is 1.91. The summed E-state index contributed by atoms with van der Waals surface area (Å²) in [5.41, 5.74) is 1.92. The van der Waals surface area contributed by atoms with Crippen LogP contribution in [0.1, 0.15) is 25.3 Å². The molecule has 2 aliphatic rings. The van der Waals surface area contributed by atoms with Crippen LogP contribution in [0.2, 0.25) is 5.15 Å². The first kappa shape index (κ1) is 16.2. The molecule has 1 aliphatic carbocycles. The van der Waals surface area contributed by atoms with Crippen molar-refractivity contribution < 1.29 is 9.52 Å². The van der Waals surface area contributed by atoms with Crippen molar-refractivity contribution >= 4 is 11.6 Å². The van der Waals surface area contributed by atoms with E-state index < -0.39 is 0 Å². The maximum absolute atomic E-state index is 11.4. The van der Waals surface area contributed by atoms with E-state index in [1.54, 1.807) is 19.2 Å². The summed E-state index contributed by atoms with van der Waals surface area (Å²) in [6.45, 7) is 2.06. The van der Waals surface area contributed by atoms with E-state index in [0.717, 1.165) is 18.4 Å². The van der Waals surface area contributed by atoms with Crippen molar-refractivity contribution in [3.63, 3.8) is 0 Å². The van der Waals surface area contributed by atoms with Gasteiger partial charge in [0.15, 0.2) is 12.7 Å². The minimum Gasteiger partial charge on any atom is -0.322 e. The van der Waals surface area contributed by atoms with Crippen molar-refractivity contribution in [3.05, 3.63) is 50.6 Å². The fourth-order valence-corrected chi connectivity index (χ4v) is 3.50. The number of nitrogens with zero attached hydrogens (tertiary/aromatic N) is 4. The van der Waals surface area contributed by atoms with Gasteiger partial charge in [-0.3, -0.25) is 10.1 Å². The first-order valence-corrected chi connectivity index (χ1v) is 8.04. The zero-order chi connectivity index (χ0) is 16.8. The quantitative estimate of drug-likeness (QED) is 0.298. The lowest BCUT2D eigenvalue weighted by Gasteiger charge is -2.47. The SMILES string of the molecule is CC1=C([N+](=O)[O-])C[N+](N)(C2CC2)C(Cc2ccc(Cl)nc2)N1C. The topological polar surface area (TPSA) is 85.3 Å². The van der Waals surface area contributed by atoms with Crippen molar-refractivity contribution in [3.8, 4) is 0 Å². The average Bonchev–Trinajstić information content (AvgIpc) is 3.34. The van der Waals surface area contributed by atoms with E-state index >= 15 is 0 Å². The molecule has 2 heterocycles. The number of hydrogen-bond acceptors (Lipinski definition) is 5. The Bertz CT molecular complexity index is 658. The third-order valence-electron chi connectivity index (χ3n) is 5.03. The molecule has 124 valence electrons. The van der Waals surface area contributed by atoms with Crippen molar-refractivity contribution in [1.29, 1.82) is 0 Å². The summed E-state index contributed by atoms with van der Waals surface area (Å²) in [6, 6.07) is 3.97. The largest absolute Gasteiger partial charge is 0.322 e. The van der Waals surface area contributed by atoms with E-state index in [-0.39, 0.29) is 34.0 Å². The van der Waals surface area contributed by atoms with Gasteiger partial charge in [-0.25, -0.2) is 9.58 Å². The maximum atomic E-state index is 11.4. The van der Waals surface area contributed by atoms with Crippen molar-refractivity contribution in [2.45, 2.75) is 38.4 Å². The number of allylic oxidation sites excluding steroid dienone is 1. The number of hydrogen-bond donors (Lipinski definition) is 1. The molecule has 8 heteroatoms. The minimum absolute atomic E-state index is 0.0471. The number of rotatable bonds is 4. The van der Waals surface area contributed by atoms with Crippen LogP contribution in [0.15, 0.2) is 29.7 Å². The molecule has 1 aliphatic heterocycles. The number of pyridine rings is 1. The van der Waals surface area contributed by atoms with Gasteiger partial charge in [-0.15, -0.1) is 0 Å². The molecule has 0 saturated heterocycles. The Balaban J connectivity index is 1.95. The monoisotopic (exact) mass is 338 g/mol. The van der Waals surface area contributed by atoms with Gasteiger partial charge >= 0.3 is 5.70 Å². The highest BCUT2D eigenvalue weighted by Crippen LogP contribution is 2.39. The molecule has 0 radical (unpaired) electrons. The molecule has 0 aromatic carbocycles. The van der Waals surface area contributed by atoms with E-state index in [1.165, 1.54) is 0 Å². The van der Waals surface area contributed by atoms with Gasteiger partial charge in [0.2, 0.25) is 0 Å². The highest BCUT2D eigenvalue weighted by Gasteiger charge is 2.55. The van der Waals surface area contributed by atoms with E-state index in [4.69, 9.17) is 17.4 Å². The molecule has 1 saturated carbocycles. The highest BCUT2D eigenvalue weighted by molar-refractivity contribution is 6.29. The number of aromatic nitrogens is 1. The molecule has 0 amide bonds. The third kappa shape index (κ3) is 2.91. The van der Waals surface area contributed by atoms with Crippen molar-refractivity contribution in [2.75, 3.05) is 13.6 Å². The van der Waals surface area contributed by atoms with Crippen LogP contribution in [0.5, 0.6) is 0 Å². The summed E-state index contributed by atoms with van der Waals surface area (Å²) in [6.07, 6.45) is 4.41. The molecule has 1 aromatic rings. The van der Waals surface area contributed by atoms with Crippen LogP contribution >= 0.6 is 11.6 Å². The lowest BCUT2D eigenvalue weighted by molar-refractivity contribution is -0.984. The van der Waals surface area contributed by atoms with E-state index in [1.807, 2.05) is 18.0 Å². The van der Waals surface area contributed by atoms with Crippen molar-refractivity contribution in [1.82, 2.24) is 9.88 Å². The van der Waals surface area contributed by atoms with Gasteiger partial charge in [0.25, 0.3) is 0 Å². The summed E-state index contributed by atoms with van der Waals surface area (Å²) in [4.78, 5) is 17.1. The fraction of sp³-hybridized carbons (Fsp3) is 0.533. The fourth-order valence-electron chi connectivity index (χ4n) is 3.39. The maximum Gasteiger partial charge on any atom is 0.320 e. The van der Waals surface area contributed by atoms with Crippen LogP contribution in [-0.2, 0) is 6.42 Å². The number of halogens is 1. The number of quaternary nitrogens is 1. The molecule has 7 nitrogen and oxygen atoms in total. The average molecular weight is 339 g/mol. The third-order valence-corrected chi connectivity index (χ3v) is 5.25. The molecule has 3 rings (SSSR count). The van der Waals surface area contributed by atoms with Crippen LogP contribution in [0.3, 0.4) is 0 Å². The summed E-state index contributed by atoms with van der Waals surface area (Å²) < 4.78 is 0.201. The van der Waals surface area contributed by atoms with Crippen LogP contribution in [0, 0.1) is 10.1 Å². The normalized spacial score (nSPS) is 28.2. The van der Waals surface area contributed by atoms with Gasteiger partial charge in [-0.1, -0.05) is 17.7 Å². The molecule has 1 fully saturated rings. The molecular formula is C15H21ClN5O2+. The molecule has 2 atom stereocenters. The van der Waals surface area contributed by atoms with Crippen LogP contribution in [-0.4, -0.2) is 45.2 Å². The molecule has 0 bridgehead atoms. The van der Waals surface area contributed by atoms with Gasteiger partial charge in [0.1, 0.15) is 11.2 Å². The molecule has 2 N–H and O–H groups in total. The first-order valence-electron chi connectivity index (χ1n) is 7.66. The number of nitro groups is 1. The molecule has 1 aromatic heterocycles. The predicted molar refractivity (Wildman–Crippen MR) is 86.5 cm³/mol. The highest BCUT2D eigenvalue weighted by atomic mass is 35.5. The first-order chi connectivity index (χ1) is 10.8. The minimum atomic E-state index is -0.297. The standard InChI is InChI=1S/C15H21ClN5O2/c1-10-13(20(22)23)9-21(17,12-4-5-12)15(19(10)2)7-11-3-6-14(16)18-8-11/h3,6,8,12,15H,4-5,7,9,17H2,1-2H3/q+1. The van der Waals surface area contributed by atoms with Gasteiger partial charge in [-0.2, -0.15) is 5.84 Å². The van der Waals surface area contributed by atoms with E-state index in [9.17, 15) is 10.1 Å². The second-order valence-corrected chi connectivity index (χ2v) is 6.85. The van der Waals surface area contributed by atoms with Crippen LogP contribution in [0.25, 0.3) is 0 Å². The Hall–Kier alpha value is -1.70. The van der Waals surface area contributed by atoms with E-state index in [0.29, 0.717) is 17.3 Å². The Kier molecular flexibility index (Phi) is 4.03. The van der Waals surface area contributed by atoms with Gasteiger partial charge in [-0.05, 0) is 18.6 Å². The number of nitrogens with two attached hydrogens (primary N) is 1. The van der Waals surface area contributed by atoms with Gasteiger partial charge in [0, 0.05) is 32.5 Å². The molecule has 23 heavy (non-hydrogen) atoms. The summed E-state index contributed by atoms with van der Waals surface area (Å²) in [7, 11) is 1.88. The lowest BCUT2D eigenvalue weighted by Crippen LogP contribution is -2.70. The summed E-state index contributed by atoms with van der Waals surface area (Å²) >= 11 is 5.84. The van der Waals surface area contributed by atoms with Crippen molar-refractivity contribution in [2.24, 2.45) is 5.84 Å². The zero-order valence-corrected chi connectivity index (χ0v) is 14.0. The smallest absolute Gasteiger partial charge is 0.320 e. The molecule has 0 spiro atoms. The van der Waals surface area contributed by atoms with Gasteiger partial charge in [0.05, 0.1) is 10.6 Å². The Labute approximate surface area is 140 Å². The summed E-state index contributed by atoms with van der Waals surface area (Å²) in [5, 5.41) is 11.8. The second-order valence-electron chi connectivity index (χ2n) is 6.46. The molecule has 2 unspecified atom stereocenters. The Morgan fingerprint density at radius 3 is 2.74 bits per heavy atom. The van der Waals surface area contributed by atoms with E-state index in [2.05, 4.69) is 4.98 Å². The zero-order valence-electron chi connectivity index (χ0n) is 13.3. The van der Waals surface area contributed by atoms with Crippen LogP contribution < -0.4 is 5.84 Å². The summed E-state index contributed by atoms with van der Waals surface area (Å²) in [5.74, 6) is 6.68. The lowest BCUT2D eigenvalue weighted by atomic mass is 10.1. The van der Waals surface area contributed by atoms with Gasteiger partial charge < -0.3 is 4.90 Å². The number of likely N-dealkylation sites (N-methyl/N-ethyl adjacent to an activating group) is 1. The molecular weight excluding hydrogens is 318 g/mol.